The SMILES string of the molecule is O=C(CCc1ccccc1)Nc1ncc2ccccn12. The Labute approximate surface area is 117 Å². The Hall–Kier alpha value is -2.62. The molecule has 100 valence electrons. The first-order chi connectivity index (χ1) is 9.83. The van der Waals surface area contributed by atoms with Crippen molar-refractivity contribution in [3.8, 4) is 0 Å². The van der Waals surface area contributed by atoms with Crippen LogP contribution < -0.4 is 5.32 Å². The molecule has 3 aromatic rings. The molecule has 0 saturated heterocycles. The highest BCUT2D eigenvalue weighted by molar-refractivity contribution is 5.89. The Morgan fingerprint density at radius 1 is 1.10 bits per heavy atom. The zero-order valence-electron chi connectivity index (χ0n) is 11.0. The van der Waals surface area contributed by atoms with Gasteiger partial charge in [0.2, 0.25) is 11.9 Å². The topological polar surface area (TPSA) is 46.4 Å². The molecular weight excluding hydrogens is 250 g/mol. The van der Waals surface area contributed by atoms with E-state index in [0.29, 0.717) is 12.4 Å². The van der Waals surface area contributed by atoms with Crippen LogP contribution in [0.1, 0.15) is 12.0 Å². The molecule has 2 heterocycles. The van der Waals surface area contributed by atoms with Crippen molar-refractivity contribution in [3.63, 3.8) is 0 Å². The normalized spacial score (nSPS) is 10.6. The number of aryl methyl sites for hydroxylation is 1. The van der Waals surface area contributed by atoms with Gasteiger partial charge in [-0.25, -0.2) is 4.98 Å². The molecule has 4 nitrogen and oxygen atoms in total. The highest BCUT2D eigenvalue weighted by Gasteiger charge is 2.07. The van der Waals surface area contributed by atoms with Crippen LogP contribution in [0.2, 0.25) is 0 Å². The first-order valence-corrected chi connectivity index (χ1v) is 6.59. The van der Waals surface area contributed by atoms with Crippen molar-refractivity contribution in [1.29, 1.82) is 0 Å². The van der Waals surface area contributed by atoms with E-state index in [-0.39, 0.29) is 5.91 Å². The molecule has 0 atom stereocenters. The largest absolute Gasteiger partial charge is 0.296 e. The Kier molecular flexibility index (Phi) is 3.46. The molecule has 2 aromatic heterocycles. The number of imidazole rings is 1. The molecule has 4 heteroatoms. The Morgan fingerprint density at radius 3 is 2.75 bits per heavy atom. The number of carbonyl (C=O) groups is 1. The lowest BCUT2D eigenvalue weighted by molar-refractivity contribution is -0.116. The fourth-order valence-corrected chi connectivity index (χ4v) is 2.13. The van der Waals surface area contributed by atoms with Gasteiger partial charge in [0.05, 0.1) is 11.7 Å². The fourth-order valence-electron chi connectivity index (χ4n) is 2.13. The number of aromatic nitrogens is 2. The van der Waals surface area contributed by atoms with E-state index in [2.05, 4.69) is 10.3 Å². The van der Waals surface area contributed by atoms with Crippen molar-refractivity contribution >= 4 is 17.4 Å². The van der Waals surface area contributed by atoms with Crippen molar-refractivity contribution in [2.24, 2.45) is 0 Å². The van der Waals surface area contributed by atoms with Crippen molar-refractivity contribution in [2.45, 2.75) is 12.8 Å². The van der Waals surface area contributed by atoms with E-state index in [4.69, 9.17) is 0 Å². The van der Waals surface area contributed by atoms with E-state index in [1.807, 2.05) is 59.1 Å². The summed E-state index contributed by atoms with van der Waals surface area (Å²) in [5.41, 5.74) is 2.13. The molecule has 0 bridgehead atoms. The fraction of sp³-hybridized carbons (Fsp3) is 0.125. The summed E-state index contributed by atoms with van der Waals surface area (Å²) in [7, 11) is 0. The van der Waals surface area contributed by atoms with Crippen molar-refractivity contribution in [3.05, 3.63) is 66.5 Å². The minimum Gasteiger partial charge on any atom is -0.296 e. The number of hydrogen-bond donors (Lipinski definition) is 1. The second kappa shape index (κ2) is 5.57. The molecule has 0 unspecified atom stereocenters. The molecule has 0 fully saturated rings. The first kappa shape index (κ1) is 12.4. The van der Waals surface area contributed by atoms with Gasteiger partial charge >= 0.3 is 0 Å². The zero-order valence-corrected chi connectivity index (χ0v) is 11.0. The number of nitrogens with one attached hydrogen (secondary N) is 1. The maximum atomic E-state index is 12.0. The van der Waals surface area contributed by atoms with E-state index in [1.165, 1.54) is 0 Å². The number of pyridine rings is 1. The summed E-state index contributed by atoms with van der Waals surface area (Å²) < 4.78 is 1.86. The zero-order chi connectivity index (χ0) is 13.8. The van der Waals surface area contributed by atoms with Gasteiger partial charge in [0.15, 0.2) is 0 Å². The molecule has 0 saturated carbocycles. The third kappa shape index (κ3) is 2.69. The lowest BCUT2D eigenvalue weighted by Crippen LogP contribution is -2.14. The number of hydrogen-bond acceptors (Lipinski definition) is 2. The number of amides is 1. The summed E-state index contributed by atoms with van der Waals surface area (Å²) in [4.78, 5) is 16.2. The smallest absolute Gasteiger partial charge is 0.227 e. The molecule has 0 aliphatic rings. The van der Waals surface area contributed by atoms with Gasteiger partial charge in [0.25, 0.3) is 0 Å². The second-order valence-electron chi connectivity index (χ2n) is 4.61. The summed E-state index contributed by atoms with van der Waals surface area (Å²) in [6.07, 6.45) is 4.81. The number of fused-ring (bicyclic) bond motifs is 1. The lowest BCUT2D eigenvalue weighted by Gasteiger charge is -2.04. The van der Waals surface area contributed by atoms with Crippen LogP contribution in [0.25, 0.3) is 5.52 Å². The van der Waals surface area contributed by atoms with Gasteiger partial charge in [0, 0.05) is 12.6 Å². The van der Waals surface area contributed by atoms with E-state index in [1.54, 1.807) is 6.20 Å². The van der Waals surface area contributed by atoms with E-state index in [9.17, 15) is 4.79 Å². The number of nitrogens with zero attached hydrogens (tertiary/aromatic N) is 2. The van der Waals surface area contributed by atoms with Crippen LogP contribution in [0.4, 0.5) is 5.95 Å². The van der Waals surface area contributed by atoms with Gasteiger partial charge in [-0.15, -0.1) is 0 Å². The summed E-state index contributed by atoms with van der Waals surface area (Å²) >= 11 is 0. The van der Waals surface area contributed by atoms with Gasteiger partial charge < -0.3 is 0 Å². The molecule has 1 aromatic carbocycles. The number of carbonyl (C=O) groups excluding carboxylic acids is 1. The third-order valence-electron chi connectivity index (χ3n) is 3.17. The minimum atomic E-state index is -0.0230. The summed E-state index contributed by atoms with van der Waals surface area (Å²) in [5.74, 6) is 0.545. The predicted octanol–water partition coefficient (Wildman–Crippen LogP) is 2.91. The Bertz CT molecular complexity index is 719. The van der Waals surface area contributed by atoms with Crippen LogP contribution in [-0.4, -0.2) is 15.3 Å². The highest BCUT2D eigenvalue weighted by Crippen LogP contribution is 2.11. The van der Waals surface area contributed by atoms with Gasteiger partial charge in [-0.3, -0.25) is 14.5 Å². The van der Waals surface area contributed by atoms with Crippen LogP contribution >= 0.6 is 0 Å². The van der Waals surface area contributed by atoms with Crippen LogP contribution in [0.3, 0.4) is 0 Å². The monoisotopic (exact) mass is 265 g/mol. The first-order valence-electron chi connectivity index (χ1n) is 6.59. The molecule has 0 aliphatic carbocycles. The molecule has 0 aliphatic heterocycles. The van der Waals surface area contributed by atoms with Crippen molar-refractivity contribution < 1.29 is 4.79 Å². The summed E-state index contributed by atoms with van der Waals surface area (Å²) in [6, 6.07) is 15.8. The molecule has 3 rings (SSSR count). The second-order valence-corrected chi connectivity index (χ2v) is 4.61. The maximum absolute atomic E-state index is 12.0. The van der Waals surface area contributed by atoms with Crippen molar-refractivity contribution in [1.82, 2.24) is 9.38 Å². The lowest BCUT2D eigenvalue weighted by atomic mass is 10.1. The number of rotatable bonds is 4. The summed E-state index contributed by atoms with van der Waals surface area (Å²) in [5, 5.41) is 2.85. The van der Waals surface area contributed by atoms with Crippen LogP contribution in [0.15, 0.2) is 60.9 Å². The number of anilines is 1. The van der Waals surface area contributed by atoms with Gasteiger partial charge in [-0.2, -0.15) is 0 Å². The molecule has 0 spiro atoms. The molecule has 1 amide bonds. The number of benzene rings is 1. The van der Waals surface area contributed by atoms with Crippen LogP contribution in [-0.2, 0) is 11.2 Å². The average molecular weight is 265 g/mol. The van der Waals surface area contributed by atoms with Crippen LogP contribution in [0, 0.1) is 0 Å². The standard InChI is InChI=1S/C16H15N3O/c20-15(10-9-13-6-2-1-3-7-13)18-16-17-12-14-8-4-5-11-19(14)16/h1-8,11-12H,9-10H2,(H,17,18,20). The van der Waals surface area contributed by atoms with Gasteiger partial charge in [-0.05, 0) is 24.1 Å². The molecular formula is C16H15N3O. The van der Waals surface area contributed by atoms with Gasteiger partial charge in [0.1, 0.15) is 0 Å². The highest BCUT2D eigenvalue weighted by atomic mass is 16.1. The average Bonchev–Trinajstić information content (AvgIpc) is 2.90. The predicted molar refractivity (Wildman–Crippen MR) is 78.6 cm³/mol. The molecule has 20 heavy (non-hydrogen) atoms. The van der Waals surface area contributed by atoms with Gasteiger partial charge in [-0.1, -0.05) is 36.4 Å². The maximum Gasteiger partial charge on any atom is 0.227 e. The van der Waals surface area contributed by atoms with E-state index < -0.39 is 0 Å². The van der Waals surface area contributed by atoms with E-state index >= 15 is 0 Å². The third-order valence-corrected chi connectivity index (χ3v) is 3.17. The van der Waals surface area contributed by atoms with Crippen molar-refractivity contribution in [2.75, 3.05) is 5.32 Å². The summed E-state index contributed by atoms with van der Waals surface area (Å²) in [6.45, 7) is 0. The van der Waals surface area contributed by atoms with E-state index in [0.717, 1.165) is 17.5 Å². The van der Waals surface area contributed by atoms with Crippen LogP contribution in [0.5, 0.6) is 0 Å². The molecule has 1 N–H and O–H groups in total. The Morgan fingerprint density at radius 2 is 1.90 bits per heavy atom. The Balaban J connectivity index is 1.64. The molecule has 0 radical (unpaired) electrons. The quantitative estimate of drug-likeness (QED) is 0.788. The minimum absolute atomic E-state index is 0.0230.